The van der Waals surface area contributed by atoms with E-state index in [0.717, 1.165) is 45.1 Å². The molecule has 3 aliphatic rings. The summed E-state index contributed by atoms with van der Waals surface area (Å²) in [7, 11) is -3.84. The van der Waals surface area contributed by atoms with Crippen LogP contribution in [0.1, 0.15) is 80.0 Å². The van der Waals surface area contributed by atoms with Gasteiger partial charge in [0.2, 0.25) is 15.9 Å². The lowest BCUT2D eigenvalue weighted by molar-refractivity contribution is -0.140. The number of aromatic amines is 1. The van der Waals surface area contributed by atoms with E-state index in [2.05, 4.69) is 11.9 Å². The summed E-state index contributed by atoms with van der Waals surface area (Å²) in [5.41, 5.74) is 1.40. The molecule has 1 atom stereocenters. The standard InChI is InChI=1S/C24H38N4O4S/c1-17-9-5-8-14-28(17)23(29)20-10-15-27(16-11-20)33(31,32)22-19(3)25-18(2)21(22)24(30)26-12-6-4-7-13-26/h17,20,25H,4-16H2,1-3H3/t17-/m0/s1. The molecule has 0 spiro atoms. The normalized spacial score (nSPS) is 23.7. The summed E-state index contributed by atoms with van der Waals surface area (Å²) in [6, 6.07) is 0.266. The van der Waals surface area contributed by atoms with Crippen LogP contribution in [-0.2, 0) is 14.8 Å². The van der Waals surface area contributed by atoms with Crippen LogP contribution in [0.4, 0.5) is 0 Å². The summed E-state index contributed by atoms with van der Waals surface area (Å²) in [6.45, 7) is 8.37. The van der Waals surface area contributed by atoms with E-state index in [1.807, 2.05) is 4.90 Å². The number of amides is 2. The molecule has 4 heterocycles. The molecular weight excluding hydrogens is 440 g/mol. The van der Waals surface area contributed by atoms with E-state index in [4.69, 9.17) is 0 Å². The van der Waals surface area contributed by atoms with E-state index in [-0.39, 0.29) is 34.2 Å². The molecule has 33 heavy (non-hydrogen) atoms. The van der Waals surface area contributed by atoms with Gasteiger partial charge in [-0.1, -0.05) is 0 Å². The second-order valence-corrected chi connectivity index (χ2v) is 11.9. The van der Waals surface area contributed by atoms with Crippen molar-refractivity contribution in [3.63, 3.8) is 0 Å². The number of piperidine rings is 3. The topological polar surface area (TPSA) is 93.8 Å². The van der Waals surface area contributed by atoms with Crippen LogP contribution in [0.2, 0.25) is 0 Å². The smallest absolute Gasteiger partial charge is 0.257 e. The van der Waals surface area contributed by atoms with Crippen molar-refractivity contribution in [3.05, 3.63) is 17.0 Å². The first kappa shape index (κ1) is 24.3. The summed E-state index contributed by atoms with van der Waals surface area (Å²) < 4.78 is 28.9. The first-order valence-electron chi connectivity index (χ1n) is 12.5. The third kappa shape index (κ3) is 4.71. The Kier molecular flexibility index (Phi) is 7.19. The number of nitrogens with one attached hydrogen (secondary N) is 1. The Hall–Kier alpha value is -1.87. The molecule has 4 rings (SSSR count). The highest BCUT2D eigenvalue weighted by Crippen LogP contribution is 2.32. The molecule has 8 nitrogen and oxygen atoms in total. The van der Waals surface area contributed by atoms with Gasteiger partial charge < -0.3 is 14.8 Å². The van der Waals surface area contributed by atoms with Crippen LogP contribution >= 0.6 is 0 Å². The van der Waals surface area contributed by atoms with Gasteiger partial charge in [-0.05, 0) is 72.1 Å². The molecule has 0 radical (unpaired) electrons. The largest absolute Gasteiger partial charge is 0.361 e. The van der Waals surface area contributed by atoms with Crippen molar-refractivity contribution in [1.29, 1.82) is 0 Å². The van der Waals surface area contributed by atoms with Gasteiger partial charge in [-0.3, -0.25) is 9.59 Å². The monoisotopic (exact) mass is 478 g/mol. The third-order valence-corrected chi connectivity index (χ3v) is 9.73. The van der Waals surface area contributed by atoms with E-state index in [0.29, 0.717) is 50.4 Å². The molecule has 3 saturated heterocycles. The zero-order chi connectivity index (χ0) is 23.8. The SMILES string of the molecule is Cc1[nH]c(C)c(S(=O)(=O)N2CCC(C(=O)N3CCCC[C@@H]3C)CC2)c1C(=O)N1CCCCC1. The van der Waals surface area contributed by atoms with Crippen LogP contribution in [0, 0.1) is 19.8 Å². The number of carbonyl (C=O) groups is 2. The molecule has 3 aliphatic heterocycles. The Morgan fingerprint density at radius 1 is 0.848 bits per heavy atom. The Bertz CT molecular complexity index is 988. The van der Waals surface area contributed by atoms with Crippen LogP contribution in [-0.4, -0.2) is 78.1 Å². The molecule has 1 aromatic rings. The zero-order valence-electron chi connectivity index (χ0n) is 20.2. The first-order valence-corrected chi connectivity index (χ1v) is 13.9. The quantitative estimate of drug-likeness (QED) is 0.720. The van der Waals surface area contributed by atoms with E-state index >= 15 is 0 Å². The van der Waals surface area contributed by atoms with Gasteiger partial charge in [0.1, 0.15) is 4.90 Å². The first-order chi connectivity index (χ1) is 15.7. The van der Waals surface area contributed by atoms with E-state index < -0.39 is 10.0 Å². The average Bonchev–Trinajstić information content (AvgIpc) is 3.13. The predicted molar refractivity (Wildman–Crippen MR) is 127 cm³/mol. The van der Waals surface area contributed by atoms with Crippen molar-refractivity contribution in [1.82, 2.24) is 19.1 Å². The van der Waals surface area contributed by atoms with Crippen LogP contribution in [0.25, 0.3) is 0 Å². The van der Waals surface area contributed by atoms with Gasteiger partial charge in [0.25, 0.3) is 5.91 Å². The molecule has 0 unspecified atom stereocenters. The van der Waals surface area contributed by atoms with Gasteiger partial charge in [-0.2, -0.15) is 4.31 Å². The van der Waals surface area contributed by atoms with Crippen LogP contribution in [0.15, 0.2) is 4.90 Å². The van der Waals surface area contributed by atoms with E-state index in [9.17, 15) is 18.0 Å². The fourth-order valence-electron chi connectivity index (χ4n) is 5.73. The molecule has 2 amide bonds. The minimum atomic E-state index is -3.84. The highest BCUT2D eigenvalue weighted by Gasteiger charge is 2.39. The molecule has 0 aliphatic carbocycles. The molecule has 0 bridgehead atoms. The molecule has 1 aromatic heterocycles. The second kappa shape index (κ2) is 9.78. The predicted octanol–water partition coefficient (Wildman–Crippen LogP) is 3.06. The molecular formula is C24H38N4O4S. The summed E-state index contributed by atoms with van der Waals surface area (Å²) >= 11 is 0. The van der Waals surface area contributed by atoms with Gasteiger partial charge >= 0.3 is 0 Å². The Morgan fingerprint density at radius 3 is 2.12 bits per heavy atom. The zero-order valence-corrected chi connectivity index (χ0v) is 21.0. The van der Waals surface area contributed by atoms with Crippen molar-refractivity contribution in [3.8, 4) is 0 Å². The summed E-state index contributed by atoms with van der Waals surface area (Å²) in [5.74, 6) is -0.145. The lowest BCUT2D eigenvalue weighted by Gasteiger charge is -2.38. The number of rotatable bonds is 4. The summed E-state index contributed by atoms with van der Waals surface area (Å²) in [5, 5.41) is 0. The molecule has 3 fully saturated rings. The van der Waals surface area contributed by atoms with Crippen molar-refractivity contribution < 1.29 is 18.0 Å². The van der Waals surface area contributed by atoms with Crippen molar-refractivity contribution in [2.24, 2.45) is 5.92 Å². The fourth-order valence-corrected chi connectivity index (χ4v) is 7.61. The van der Waals surface area contributed by atoms with Gasteiger partial charge in [0, 0.05) is 56.1 Å². The second-order valence-electron chi connectivity index (χ2n) is 9.99. The molecule has 0 saturated carbocycles. The van der Waals surface area contributed by atoms with Gasteiger partial charge in [-0.15, -0.1) is 0 Å². The number of hydrogen-bond donors (Lipinski definition) is 1. The maximum Gasteiger partial charge on any atom is 0.257 e. The number of H-pyrrole nitrogens is 1. The maximum absolute atomic E-state index is 13.7. The number of carbonyl (C=O) groups excluding carboxylic acids is 2. The van der Waals surface area contributed by atoms with E-state index in [1.54, 1.807) is 18.7 Å². The van der Waals surface area contributed by atoms with E-state index in [1.165, 1.54) is 4.31 Å². The van der Waals surface area contributed by atoms with Gasteiger partial charge in [0.05, 0.1) is 5.56 Å². The lowest BCUT2D eigenvalue weighted by atomic mass is 9.94. The minimum Gasteiger partial charge on any atom is -0.361 e. The molecule has 1 N–H and O–H groups in total. The van der Waals surface area contributed by atoms with Crippen molar-refractivity contribution in [2.75, 3.05) is 32.7 Å². The fraction of sp³-hybridized carbons (Fsp3) is 0.750. The number of hydrogen-bond acceptors (Lipinski definition) is 4. The number of aromatic nitrogens is 1. The van der Waals surface area contributed by atoms with Gasteiger partial charge in [0.15, 0.2) is 0 Å². The molecule has 184 valence electrons. The van der Waals surface area contributed by atoms with Crippen LogP contribution < -0.4 is 0 Å². The van der Waals surface area contributed by atoms with Gasteiger partial charge in [-0.25, -0.2) is 8.42 Å². The lowest BCUT2D eigenvalue weighted by Crippen LogP contribution is -2.48. The minimum absolute atomic E-state index is 0.116. The average molecular weight is 479 g/mol. The number of sulfonamides is 1. The number of likely N-dealkylation sites (tertiary alicyclic amines) is 2. The maximum atomic E-state index is 13.7. The van der Waals surface area contributed by atoms with Crippen LogP contribution in [0.3, 0.4) is 0 Å². The molecule has 9 heteroatoms. The van der Waals surface area contributed by atoms with Crippen molar-refractivity contribution >= 4 is 21.8 Å². The Morgan fingerprint density at radius 2 is 1.48 bits per heavy atom. The molecule has 0 aromatic carbocycles. The van der Waals surface area contributed by atoms with Crippen molar-refractivity contribution in [2.45, 2.75) is 83.1 Å². The number of aryl methyl sites for hydroxylation is 2. The highest BCUT2D eigenvalue weighted by molar-refractivity contribution is 7.89. The summed E-state index contributed by atoms with van der Waals surface area (Å²) in [4.78, 5) is 33.4. The summed E-state index contributed by atoms with van der Waals surface area (Å²) in [6.07, 6.45) is 7.31. The highest BCUT2D eigenvalue weighted by atomic mass is 32.2. The Balaban J connectivity index is 1.50. The number of nitrogens with zero attached hydrogens (tertiary/aromatic N) is 3. The Labute approximate surface area is 197 Å². The third-order valence-electron chi connectivity index (χ3n) is 7.66. The van der Waals surface area contributed by atoms with Crippen LogP contribution in [0.5, 0.6) is 0 Å².